The third-order valence-corrected chi connectivity index (χ3v) is 4.37. The number of anilines is 1. The minimum absolute atomic E-state index is 0.219. The van der Waals surface area contributed by atoms with Gasteiger partial charge < -0.3 is 4.74 Å². The van der Waals surface area contributed by atoms with E-state index < -0.39 is 40.7 Å². The van der Waals surface area contributed by atoms with Gasteiger partial charge in [0.15, 0.2) is 23.3 Å². The molecule has 0 aliphatic heterocycles. The Morgan fingerprint density at radius 2 is 1.53 bits per heavy atom. The van der Waals surface area contributed by atoms with Crippen molar-refractivity contribution in [2.75, 3.05) is 5.43 Å². The van der Waals surface area contributed by atoms with Crippen LogP contribution in [0.3, 0.4) is 0 Å². The molecule has 3 rings (SSSR count). The summed E-state index contributed by atoms with van der Waals surface area (Å²) in [5.74, 6) is -9.26. The molecule has 0 aliphatic carbocycles. The van der Waals surface area contributed by atoms with Gasteiger partial charge >= 0.3 is 6.18 Å². The van der Waals surface area contributed by atoms with E-state index in [1.165, 1.54) is 12.1 Å². The quantitative estimate of drug-likeness (QED) is 0.181. The lowest BCUT2D eigenvalue weighted by atomic mass is 10.1. The predicted molar refractivity (Wildman–Crippen MR) is 105 cm³/mol. The monoisotopic (exact) mass is 476 g/mol. The van der Waals surface area contributed by atoms with E-state index in [4.69, 9.17) is 16.3 Å². The number of rotatable bonds is 6. The Bertz CT molecular complexity index is 1120. The fraction of sp³-hybridized carbons (Fsp3) is 0.0952. The first-order valence-corrected chi connectivity index (χ1v) is 9.15. The van der Waals surface area contributed by atoms with Gasteiger partial charge in [-0.15, -0.1) is 0 Å². The number of benzene rings is 3. The van der Waals surface area contributed by atoms with Gasteiger partial charge in [-0.3, -0.25) is 5.43 Å². The summed E-state index contributed by atoms with van der Waals surface area (Å²) in [7, 11) is 0. The average Bonchev–Trinajstić information content (AvgIpc) is 2.74. The number of alkyl halides is 3. The lowest BCUT2D eigenvalue weighted by Crippen LogP contribution is -2.16. The van der Waals surface area contributed by atoms with Crippen LogP contribution in [0, 0.1) is 23.3 Å². The number of nitrogens with one attached hydrogen (secondary N) is 1. The fourth-order valence-electron chi connectivity index (χ4n) is 2.58. The van der Waals surface area contributed by atoms with Crippen LogP contribution in [-0.4, -0.2) is 6.21 Å². The molecule has 32 heavy (non-hydrogen) atoms. The van der Waals surface area contributed by atoms with Gasteiger partial charge in [-0.2, -0.15) is 18.3 Å². The normalized spacial score (nSPS) is 11.8. The van der Waals surface area contributed by atoms with Crippen LogP contribution in [0.25, 0.3) is 0 Å². The summed E-state index contributed by atoms with van der Waals surface area (Å²) in [6, 6.07) is 13.2. The Kier molecular flexibility index (Phi) is 6.93. The van der Waals surface area contributed by atoms with Crippen LogP contribution < -0.4 is 10.2 Å². The van der Waals surface area contributed by atoms with Gasteiger partial charge in [0.05, 0.1) is 6.21 Å². The number of hydrogen-bond acceptors (Lipinski definition) is 3. The topological polar surface area (TPSA) is 33.6 Å². The lowest BCUT2D eigenvalue weighted by Gasteiger charge is -2.13. The molecular weight excluding hydrogens is 465 g/mol. The zero-order chi connectivity index (χ0) is 23.5. The molecule has 0 aromatic heterocycles. The summed E-state index contributed by atoms with van der Waals surface area (Å²) in [5.41, 5.74) is -1.27. The summed E-state index contributed by atoms with van der Waals surface area (Å²) in [5, 5.41) is 4.01. The second-order valence-corrected chi connectivity index (χ2v) is 6.80. The van der Waals surface area contributed by atoms with Crippen LogP contribution in [0.2, 0.25) is 5.02 Å². The SMILES string of the molecule is Fc1c(F)c(C(F)(F)F)c(F)c(F)c1N/N=C\c1cccc(OCc2ccc(Cl)cc2)c1. The molecule has 0 unspecified atom stereocenters. The maximum absolute atomic E-state index is 13.9. The van der Waals surface area contributed by atoms with Crippen molar-refractivity contribution in [3.63, 3.8) is 0 Å². The van der Waals surface area contributed by atoms with Crippen molar-refractivity contribution in [3.8, 4) is 5.75 Å². The van der Waals surface area contributed by atoms with Crippen LogP contribution in [0.1, 0.15) is 16.7 Å². The van der Waals surface area contributed by atoms with E-state index in [-0.39, 0.29) is 6.61 Å². The Morgan fingerprint density at radius 1 is 0.906 bits per heavy atom. The van der Waals surface area contributed by atoms with Gasteiger partial charge in [-0.05, 0) is 35.4 Å². The minimum atomic E-state index is -5.62. The molecule has 3 aromatic rings. The zero-order valence-electron chi connectivity index (χ0n) is 15.8. The molecule has 0 spiro atoms. The van der Waals surface area contributed by atoms with Gasteiger partial charge in [-0.1, -0.05) is 35.9 Å². The highest BCUT2D eigenvalue weighted by Crippen LogP contribution is 2.38. The summed E-state index contributed by atoms with van der Waals surface area (Å²) < 4.78 is 98.5. The summed E-state index contributed by atoms with van der Waals surface area (Å²) in [4.78, 5) is 0. The van der Waals surface area contributed by atoms with E-state index in [0.717, 1.165) is 11.8 Å². The highest BCUT2D eigenvalue weighted by molar-refractivity contribution is 6.30. The highest BCUT2D eigenvalue weighted by atomic mass is 35.5. The van der Waals surface area contributed by atoms with Crippen LogP contribution in [0.5, 0.6) is 5.75 Å². The van der Waals surface area contributed by atoms with Crippen LogP contribution in [-0.2, 0) is 12.8 Å². The molecular formula is C21H12ClF7N2O. The molecule has 0 radical (unpaired) electrons. The first-order chi connectivity index (χ1) is 15.1. The zero-order valence-corrected chi connectivity index (χ0v) is 16.5. The first-order valence-electron chi connectivity index (χ1n) is 8.77. The minimum Gasteiger partial charge on any atom is -0.489 e. The molecule has 3 nitrogen and oxygen atoms in total. The lowest BCUT2D eigenvalue weighted by molar-refractivity contribution is -0.143. The van der Waals surface area contributed by atoms with Crippen molar-refractivity contribution in [2.24, 2.45) is 5.10 Å². The van der Waals surface area contributed by atoms with Gasteiger partial charge in [0.1, 0.15) is 23.6 Å². The van der Waals surface area contributed by atoms with E-state index in [1.54, 1.807) is 41.8 Å². The van der Waals surface area contributed by atoms with E-state index in [0.29, 0.717) is 16.3 Å². The molecule has 1 N–H and O–H groups in total. The fourth-order valence-corrected chi connectivity index (χ4v) is 2.71. The Morgan fingerprint density at radius 3 is 2.12 bits per heavy atom. The third-order valence-electron chi connectivity index (χ3n) is 4.11. The van der Waals surface area contributed by atoms with E-state index in [1.807, 2.05) is 0 Å². The van der Waals surface area contributed by atoms with Crippen LogP contribution in [0.15, 0.2) is 53.6 Å². The van der Waals surface area contributed by atoms with E-state index in [9.17, 15) is 30.7 Å². The molecule has 0 atom stereocenters. The van der Waals surface area contributed by atoms with Gasteiger partial charge in [0.2, 0.25) is 0 Å². The van der Waals surface area contributed by atoms with Crippen molar-refractivity contribution < 1.29 is 35.5 Å². The molecule has 3 aromatic carbocycles. The first kappa shape index (κ1) is 23.4. The largest absolute Gasteiger partial charge is 0.489 e. The average molecular weight is 477 g/mol. The van der Waals surface area contributed by atoms with Gasteiger partial charge in [0.25, 0.3) is 0 Å². The summed E-state index contributed by atoms with van der Waals surface area (Å²) in [6.07, 6.45) is -4.59. The Hall–Kier alpha value is -3.27. The second kappa shape index (κ2) is 9.47. The maximum Gasteiger partial charge on any atom is 0.422 e. The Balaban J connectivity index is 1.74. The maximum atomic E-state index is 13.9. The van der Waals surface area contributed by atoms with Crippen molar-refractivity contribution in [1.82, 2.24) is 0 Å². The van der Waals surface area contributed by atoms with Crippen molar-refractivity contribution in [3.05, 3.63) is 93.5 Å². The van der Waals surface area contributed by atoms with Gasteiger partial charge in [0, 0.05) is 5.02 Å². The van der Waals surface area contributed by atoms with Crippen molar-refractivity contribution in [2.45, 2.75) is 12.8 Å². The summed E-state index contributed by atoms with van der Waals surface area (Å²) in [6.45, 7) is 0.219. The Labute approximate surface area is 182 Å². The van der Waals surface area contributed by atoms with Crippen LogP contribution >= 0.6 is 11.6 Å². The number of nitrogens with zero attached hydrogens (tertiary/aromatic N) is 1. The van der Waals surface area contributed by atoms with Crippen LogP contribution in [0.4, 0.5) is 36.4 Å². The smallest absolute Gasteiger partial charge is 0.422 e. The molecule has 0 saturated carbocycles. The molecule has 0 saturated heterocycles. The van der Waals surface area contributed by atoms with Crippen molar-refractivity contribution >= 4 is 23.5 Å². The number of halogens is 8. The summed E-state index contributed by atoms with van der Waals surface area (Å²) >= 11 is 5.81. The highest BCUT2D eigenvalue weighted by Gasteiger charge is 2.42. The molecule has 168 valence electrons. The predicted octanol–water partition coefficient (Wildman–Crippen LogP) is 6.94. The number of ether oxygens (including phenoxy) is 1. The molecule has 0 heterocycles. The van der Waals surface area contributed by atoms with Crippen molar-refractivity contribution in [1.29, 1.82) is 0 Å². The van der Waals surface area contributed by atoms with E-state index in [2.05, 4.69) is 5.10 Å². The molecule has 0 aliphatic rings. The molecule has 0 bridgehead atoms. The third kappa shape index (κ3) is 5.31. The number of hydrogen-bond donors (Lipinski definition) is 1. The standard InChI is InChI=1S/C21H12ClF7N2O/c22-13-6-4-11(5-7-13)10-32-14-3-1-2-12(8-14)9-30-31-20-18(25)16(23)15(21(27,28)29)17(24)19(20)26/h1-9,31H,10H2/b30-9-. The van der Waals surface area contributed by atoms with E-state index >= 15 is 0 Å². The number of hydrazone groups is 1. The van der Waals surface area contributed by atoms with Gasteiger partial charge in [-0.25, -0.2) is 17.6 Å². The molecule has 0 fully saturated rings. The second-order valence-electron chi connectivity index (χ2n) is 6.36. The molecule has 0 amide bonds. The molecule has 11 heteroatoms.